The molecule has 0 aromatic heterocycles. The second kappa shape index (κ2) is 4.32. The Morgan fingerprint density at radius 3 is 2.43 bits per heavy atom. The molecule has 0 unspecified atom stereocenters. The molecule has 76 valence electrons. The lowest BCUT2D eigenvalue weighted by Crippen LogP contribution is -1.95. The number of hydrogen-bond acceptors (Lipinski definition) is 1. The summed E-state index contributed by atoms with van der Waals surface area (Å²) in [6, 6.07) is 6.27. The van der Waals surface area contributed by atoms with Crippen LogP contribution in [0, 0.1) is 0 Å². The summed E-state index contributed by atoms with van der Waals surface area (Å²) in [5.74, 6) is 1.45. The molecule has 1 aromatic rings. The Bertz CT molecular complexity index is 337. The van der Waals surface area contributed by atoms with E-state index < -0.39 is 0 Å². The molecule has 0 aliphatic carbocycles. The molecule has 0 amide bonds. The summed E-state index contributed by atoms with van der Waals surface area (Å²) in [6.45, 7) is 10.3. The third kappa shape index (κ3) is 2.16. The maximum Gasteiger partial charge on any atom is 0.122 e. The van der Waals surface area contributed by atoms with Crippen LogP contribution in [0.5, 0.6) is 5.75 Å². The largest absolute Gasteiger partial charge is 0.496 e. The summed E-state index contributed by atoms with van der Waals surface area (Å²) in [4.78, 5) is 0. The molecule has 0 aliphatic rings. The Balaban J connectivity index is 3.18. The van der Waals surface area contributed by atoms with E-state index in [-0.39, 0.29) is 0 Å². The summed E-state index contributed by atoms with van der Waals surface area (Å²) in [5.41, 5.74) is 3.46. The molecule has 1 nitrogen and oxygen atoms in total. The molecule has 0 atom stereocenters. The summed E-state index contributed by atoms with van der Waals surface area (Å²) < 4.78 is 5.36. The molecule has 0 aliphatic heterocycles. The average molecular weight is 190 g/mol. The fourth-order valence-corrected chi connectivity index (χ4v) is 1.45. The zero-order valence-corrected chi connectivity index (χ0v) is 9.42. The number of ether oxygens (including phenoxy) is 1. The molecule has 1 aromatic carbocycles. The van der Waals surface area contributed by atoms with Gasteiger partial charge in [0, 0.05) is 0 Å². The highest BCUT2D eigenvalue weighted by atomic mass is 16.5. The maximum absolute atomic E-state index is 5.36. The van der Waals surface area contributed by atoms with Crippen molar-refractivity contribution < 1.29 is 4.74 Å². The first-order chi connectivity index (χ1) is 6.56. The van der Waals surface area contributed by atoms with E-state index >= 15 is 0 Å². The van der Waals surface area contributed by atoms with E-state index in [0.717, 1.165) is 16.9 Å². The van der Waals surface area contributed by atoms with Gasteiger partial charge < -0.3 is 4.74 Å². The lowest BCUT2D eigenvalue weighted by atomic mass is 9.98. The van der Waals surface area contributed by atoms with Crippen LogP contribution in [0.3, 0.4) is 0 Å². The van der Waals surface area contributed by atoms with E-state index in [1.54, 1.807) is 7.11 Å². The highest BCUT2D eigenvalue weighted by molar-refractivity contribution is 5.63. The predicted octanol–water partition coefficient (Wildman–Crippen LogP) is 3.85. The molecular formula is C13H18O. The van der Waals surface area contributed by atoms with E-state index in [1.807, 2.05) is 6.92 Å². The van der Waals surface area contributed by atoms with Gasteiger partial charge in [0.15, 0.2) is 0 Å². The highest BCUT2D eigenvalue weighted by Crippen LogP contribution is 2.29. The van der Waals surface area contributed by atoms with Crippen LogP contribution in [-0.4, -0.2) is 7.11 Å². The lowest BCUT2D eigenvalue weighted by Gasteiger charge is -2.13. The van der Waals surface area contributed by atoms with Crippen molar-refractivity contribution in [2.75, 3.05) is 7.11 Å². The molecule has 0 radical (unpaired) electrons. The summed E-state index contributed by atoms with van der Waals surface area (Å²) in [6.07, 6.45) is 0. The second-order valence-corrected chi connectivity index (χ2v) is 3.89. The van der Waals surface area contributed by atoms with Crippen LogP contribution in [0.15, 0.2) is 24.8 Å². The molecule has 1 rings (SSSR count). The Morgan fingerprint density at radius 1 is 1.36 bits per heavy atom. The molecule has 0 spiro atoms. The predicted molar refractivity (Wildman–Crippen MR) is 61.8 cm³/mol. The summed E-state index contributed by atoms with van der Waals surface area (Å²) >= 11 is 0. The van der Waals surface area contributed by atoms with Crippen LogP contribution >= 0.6 is 0 Å². The zero-order chi connectivity index (χ0) is 10.7. The Hall–Kier alpha value is -1.24. The standard InChI is InChI=1S/C13H18O/c1-9(2)11-6-7-12(10(3)4)13(8-11)14-5/h6-8,10H,1H2,2-5H3. The first kappa shape index (κ1) is 10.8. The second-order valence-electron chi connectivity index (χ2n) is 3.89. The number of rotatable bonds is 3. The van der Waals surface area contributed by atoms with Crippen molar-refractivity contribution in [3.63, 3.8) is 0 Å². The highest BCUT2D eigenvalue weighted by Gasteiger charge is 2.07. The van der Waals surface area contributed by atoms with E-state index in [0.29, 0.717) is 5.92 Å². The molecule has 0 saturated heterocycles. The Morgan fingerprint density at radius 2 is 2.00 bits per heavy atom. The van der Waals surface area contributed by atoms with Crippen LogP contribution in [-0.2, 0) is 0 Å². The van der Waals surface area contributed by atoms with Gasteiger partial charge in [-0.1, -0.05) is 38.1 Å². The van der Waals surface area contributed by atoms with Crippen molar-refractivity contribution in [1.29, 1.82) is 0 Å². The van der Waals surface area contributed by atoms with E-state index in [2.05, 4.69) is 38.6 Å². The van der Waals surface area contributed by atoms with E-state index in [4.69, 9.17) is 4.74 Å². The number of benzene rings is 1. The van der Waals surface area contributed by atoms with Gasteiger partial charge in [0.05, 0.1) is 7.11 Å². The quantitative estimate of drug-likeness (QED) is 0.703. The SMILES string of the molecule is C=C(C)c1ccc(C(C)C)c(OC)c1. The molecule has 14 heavy (non-hydrogen) atoms. The first-order valence-corrected chi connectivity index (χ1v) is 4.90. The number of hydrogen-bond donors (Lipinski definition) is 0. The van der Waals surface area contributed by atoms with Gasteiger partial charge in [-0.05, 0) is 30.0 Å². The molecule has 0 saturated carbocycles. The van der Waals surface area contributed by atoms with Gasteiger partial charge in [-0.15, -0.1) is 0 Å². The molecular weight excluding hydrogens is 172 g/mol. The van der Waals surface area contributed by atoms with Crippen molar-refractivity contribution in [2.45, 2.75) is 26.7 Å². The molecule has 0 bridgehead atoms. The number of methoxy groups -OCH3 is 1. The lowest BCUT2D eigenvalue weighted by molar-refractivity contribution is 0.407. The van der Waals surface area contributed by atoms with Crippen LogP contribution < -0.4 is 4.74 Å². The minimum atomic E-state index is 0.490. The van der Waals surface area contributed by atoms with Crippen LogP contribution in [0.1, 0.15) is 37.8 Å². The fourth-order valence-electron chi connectivity index (χ4n) is 1.45. The smallest absolute Gasteiger partial charge is 0.122 e. The molecule has 0 fully saturated rings. The molecule has 0 heterocycles. The molecule has 0 N–H and O–H groups in total. The summed E-state index contributed by atoms with van der Waals surface area (Å²) in [7, 11) is 1.71. The third-order valence-electron chi connectivity index (χ3n) is 2.35. The van der Waals surface area contributed by atoms with E-state index in [1.165, 1.54) is 5.56 Å². The van der Waals surface area contributed by atoms with Crippen LogP contribution in [0.2, 0.25) is 0 Å². The Labute approximate surface area is 86.4 Å². The van der Waals surface area contributed by atoms with Gasteiger partial charge in [-0.25, -0.2) is 0 Å². The van der Waals surface area contributed by atoms with Gasteiger partial charge in [-0.2, -0.15) is 0 Å². The van der Waals surface area contributed by atoms with Gasteiger partial charge in [-0.3, -0.25) is 0 Å². The van der Waals surface area contributed by atoms with Crippen LogP contribution in [0.4, 0.5) is 0 Å². The van der Waals surface area contributed by atoms with Crippen molar-refractivity contribution in [2.24, 2.45) is 0 Å². The van der Waals surface area contributed by atoms with Crippen molar-refractivity contribution >= 4 is 5.57 Å². The Kier molecular flexibility index (Phi) is 3.34. The zero-order valence-electron chi connectivity index (χ0n) is 9.42. The van der Waals surface area contributed by atoms with E-state index in [9.17, 15) is 0 Å². The fraction of sp³-hybridized carbons (Fsp3) is 0.385. The minimum Gasteiger partial charge on any atom is -0.496 e. The molecule has 1 heteroatoms. The monoisotopic (exact) mass is 190 g/mol. The minimum absolute atomic E-state index is 0.490. The normalized spacial score (nSPS) is 10.4. The summed E-state index contributed by atoms with van der Waals surface area (Å²) in [5, 5.41) is 0. The van der Waals surface area contributed by atoms with Gasteiger partial charge in [0.1, 0.15) is 5.75 Å². The van der Waals surface area contributed by atoms with Gasteiger partial charge in [0.2, 0.25) is 0 Å². The van der Waals surface area contributed by atoms with Crippen molar-refractivity contribution in [3.05, 3.63) is 35.9 Å². The van der Waals surface area contributed by atoms with Crippen molar-refractivity contribution in [1.82, 2.24) is 0 Å². The third-order valence-corrected chi connectivity index (χ3v) is 2.35. The first-order valence-electron chi connectivity index (χ1n) is 4.90. The average Bonchev–Trinajstić information content (AvgIpc) is 2.16. The maximum atomic E-state index is 5.36. The van der Waals surface area contributed by atoms with Crippen LogP contribution in [0.25, 0.3) is 5.57 Å². The van der Waals surface area contributed by atoms with Gasteiger partial charge in [0.25, 0.3) is 0 Å². The van der Waals surface area contributed by atoms with Crippen molar-refractivity contribution in [3.8, 4) is 5.75 Å². The topological polar surface area (TPSA) is 9.23 Å². The van der Waals surface area contributed by atoms with Gasteiger partial charge >= 0.3 is 0 Å². The number of allylic oxidation sites excluding steroid dienone is 1.